The van der Waals surface area contributed by atoms with Gasteiger partial charge in [-0.15, -0.1) is 0 Å². The van der Waals surface area contributed by atoms with Crippen molar-refractivity contribution in [3.05, 3.63) is 36.0 Å². The molecule has 0 atom stereocenters. The Hall–Kier alpha value is -2.61. The van der Waals surface area contributed by atoms with E-state index < -0.39 is 11.4 Å². The van der Waals surface area contributed by atoms with E-state index in [1.54, 1.807) is 26.0 Å². The van der Waals surface area contributed by atoms with E-state index in [2.05, 4.69) is 25.6 Å². The predicted molar refractivity (Wildman–Crippen MR) is 104 cm³/mol. The molecule has 28 heavy (non-hydrogen) atoms. The van der Waals surface area contributed by atoms with Crippen molar-refractivity contribution in [1.82, 2.24) is 20.3 Å². The molecule has 1 fully saturated rings. The van der Waals surface area contributed by atoms with Gasteiger partial charge in [-0.3, -0.25) is 9.78 Å². The number of amides is 1. The fourth-order valence-electron chi connectivity index (χ4n) is 3.40. The van der Waals surface area contributed by atoms with E-state index in [4.69, 9.17) is 0 Å². The molecule has 2 aromatic rings. The van der Waals surface area contributed by atoms with Crippen LogP contribution in [0, 0.1) is 5.82 Å². The zero-order chi connectivity index (χ0) is 20.3. The predicted octanol–water partition coefficient (Wildman–Crippen LogP) is 2.76. The third-order valence-corrected chi connectivity index (χ3v) is 4.87. The van der Waals surface area contributed by atoms with Gasteiger partial charge >= 0.3 is 0 Å². The number of rotatable bonds is 5. The molecule has 7 nitrogen and oxygen atoms in total. The normalized spacial score (nSPS) is 19.9. The van der Waals surface area contributed by atoms with E-state index in [0.29, 0.717) is 17.2 Å². The Kier molecular flexibility index (Phi) is 5.88. The Balaban J connectivity index is 1.73. The molecule has 0 aromatic carbocycles. The minimum absolute atomic E-state index is 0.00861. The van der Waals surface area contributed by atoms with Crippen molar-refractivity contribution in [1.29, 1.82) is 0 Å². The van der Waals surface area contributed by atoms with Crippen LogP contribution in [-0.2, 0) is 10.4 Å². The third kappa shape index (κ3) is 5.01. The number of pyridine rings is 1. The van der Waals surface area contributed by atoms with Crippen LogP contribution in [0.15, 0.2) is 24.5 Å². The van der Waals surface area contributed by atoms with Gasteiger partial charge in [0, 0.05) is 30.8 Å². The molecule has 8 heteroatoms. The van der Waals surface area contributed by atoms with Crippen molar-refractivity contribution < 1.29 is 14.3 Å². The van der Waals surface area contributed by atoms with Gasteiger partial charge in [-0.25, -0.2) is 14.4 Å². The molecule has 2 aromatic heterocycles. The molecule has 1 saturated carbocycles. The summed E-state index contributed by atoms with van der Waals surface area (Å²) in [6.45, 7) is 4.78. The van der Waals surface area contributed by atoms with E-state index in [0.717, 1.165) is 31.9 Å². The highest BCUT2D eigenvalue weighted by atomic mass is 19.1. The number of aliphatic hydroxyl groups is 1. The molecule has 150 valence electrons. The van der Waals surface area contributed by atoms with Crippen molar-refractivity contribution >= 4 is 11.9 Å². The van der Waals surface area contributed by atoms with E-state index >= 15 is 0 Å². The van der Waals surface area contributed by atoms with Gasteiger partial charge in [-0.2, -0.15) is 0 Å². The Morgan fingerprint density at radius 3 is 2.54 bits per heavy atom. The van der Waals surface area contributed by atoms with Crippen LogP contribution in [0.2, 0.25) is 0 Å². The van der Waals surface area contributed by atoms with Crippen LogP contribution < -0.4 is 10.6 Å². The van der Waals surface area contributed by atoms with Crippen LogP contribution in [0.3, 0.4) is 0 Å². The molecular formula is C20H26FN5O2. The minimum Gasteiger partial charge on any atom is -0.384 e. The van der Waals surface area contributed by atoms with Crippen LogP contribution in [0.25, 0.3) is 11.3 Å². The van der Waals surface area contributed by atoms with Crippen molar-refractivity contribution in [2.75, 3.05) is 5.32 Å². The molecule has 0 radical (unpaired) electrons. The molecule has 2 heterocycles. The zero-order valence-corrected chi connectivity index (χ0v) is 16.4. The zero-order valence-electron chi connectivity index (χ0n) is 16.4. The second kappa shape index (κ2) is 8.18. The van der Waals surface area contributed by atoms with Crippen molar-refractivity contribution in [2.45, 2.75) is 64.1 Å². The highest BCUT2D eigenvalue weighted by molar-refractivity contribution is 5.73. The van der Waals surface area contributed by atoms with Gasteiger partial charge in [0.25, 0.3) is 0 Å². The molecule has 0 unspecified atom stereocenters. The van der Waals surface area contributed by atoms with Crippen LogP contribution in [-0.4, -0.2) is 38.0 Å². The number of hydrogen-bond donors (Lipinski definition) is 3. The summed E-state index contributed by atoms with van der Waals surface area (Å²) in [7, 11) is 0. The lowest BCUT2D eigenvalue weighted by molar-refractivity contribution is -0.119. The largest absolute Gasteiger partial charge is 0.384 e. The third-order valence-electron chi connectivity index (χ3n) is 4.87. The number of nitrogens with zero attached hydrogens (tertiary/aromatic N) is 3. The lowest BCUT2D eigenvalue weighted by Crippen LogP contribution is -2.39. The molecule has 1 amide bonds. The Morgan fingerprint density at radius 2 is 1.89 bits per heavy atom. The number of carbonyl (C=O) groups excluding carboxylic acids is 1. The number of carbonyl (C=O) groups is 1. The Labute approximate surface area is 163 Å². The molecule has 0 spiro atoms. The summed E-state index contributed by atoms with van der Waals surface area (Å²) in [4.78, 5) is 23.7. The topological polar surface area (TPSA) is 100 Å². The fourth-order valence-corrected chi connectivity index (χ4v) is 3.40. The van der Waals surface area contributed by atoms with Crippen LogP contribution in [0.4, 0.5) is 10.3 Å². The maximum Gasteiger partial charge on any atom is 0.223 e. The number of anilines is 1. The average molecular weight is 387 g/mol. The van der Waals surface area contributed by atoms with Gasteiger partial charge in [0.1, 0.15) is 11.3 Å². The lowest BCUT2D eigenvalue weighted by atomic mass is 9.91. The highest BCUT2D eigenvalue weighted by Gasteiger charge is 2.23. The fraction of sp³-hybridized carbons (Fsp3) is 0.500. The van der Waals surface area contributed by atoms with E-state index in [1.165, 1.54) is 13.1 Å². The SMILES string of the molecule is CC(=O)N[C@H]1CC[C@H](Nc2ncc(F)c(-c3ccnc(C(C)(C)O)c3)n2)CC1. The minimum atomic E-state index is -1.13. The van der Waals surface area contributed by atoms with E-state index in [-0.39, 0.29) is 23.7 Å². The molecule has 0 aliphatic heterocycles. The maximum absolute atomic E-state index is 14.4. The van der Waals surface area contributed by atoms with Gasteiger partial charge in [0.15, 0.2) is 5.82 Å². The van der Waals surface area contributed by atoms with Gasteiger partial charge in [-0.1, -0.05) is 0 Å². The summed E-state index contributed by atoms with van der Waals surface area (Å²) in [5.41, 5.74) is 0.00300. The summed E-state index contributed by atoms with van der Waals surface area (Å²) in [6, 6.07) is 3.67. The average Bonchev–Trinajstić information content (AvgIpc) is 2.64. The molecule has 1 aliphatic carbocycles. The first-order chi connectivity index (χ1) is 13.2. The molecule has 0 bridgehead atoms. The first-order valence-electron chi connectivity index (χ1n) is 9.48. The summed E-state index contributed by atoms with van der Waals surface area (Å²) >= 11 is 0. The highest BCUT2D eigenvalue weighted by Crippen LogP contribution is 2.26. The summed E-state index contributed by atoms with van der Waals surface area (Å²) in [5, 5.41) is 16.4. The second-order valence-electron chi connectivity index (χ2n) is 7.77. The quantitative estimate of drug-likeness (QED) is 0.729. The van der Waals surface area contributed by atoms with E-state index in [1.807, 2.05) is 0 Å². The maximum atomic E-state index is 14.4. The smallest absolute Gasteiger partial charge is 0.223 e. The van der Waals surface area contributed by atoms with E-state index in [9.17, 15) is 14.3 Å². The second-order valence-corrected chi connectivity index (χ2v) is 7.77. The number of halogens is 1. The van der Waals surface area contributed by atoms with Crippen molar-refractivity contribution in [3.63, 3.8) is 0 Å². The monoisotopic (exact) mass is 387 g/mol. The van der Waals surface area contributed by atoms with Crippen molar-refractivity contribution in [2.24, 2.45) is 0 Å². The first-order valence-corrected chi connectivity index (χ1v) is 9.48. The van der Waals surface area contributed by atoms with Gasteiger partial charge in [-0.05, 0) is 51.7 Å². The van der Waals surface area contributed by atoms with Gasteiger partial charge < -0.3 is 15.7 Å². The van der Waals surface area contributed by atoms with Crippen molar-refractivity contribution in [3.8, 4) is 11.3 Å². The Bertz CT molecular complexity index is 845. The summed E-state index contributed by atoms with van der Waals surface area (Å²) in [6.07, 6.45) is 6.19. The van der Waals surface area contributed by atoms with Crippen LogP contribution in [0.1, 0.15) is 52.1 Å². The Morgan fingerprint density at radius 1 is 1.21 bits per heavy atom. The van der Waals surface area contributed by atoms with Gasteiger partial charge in [0.2, 0.25) is 11.9 Å². The standard InChI is InChI=1S/C20H26FN5O2/c1-12(27)24-14-4-6-15(7-5-14)25-19-23-11-16(21)18(26-19)13-8-9-22-17(10-13)20(2,3)28/h8-11,14-15,28H,4-7H2,1-3H3,(H,24,27)(H,23,25,26)/t14-,15-. The number of nitrogens with one attached hydrogen (secondary N) is 2. The van der Waals surface area contributed by atoms with Crippen LogP contribution in [0.5, 0.6) is 0 Å². The lowest BCUT2D eigenvalue weighted by Gasteiger charge is -2.29. The number of aromatic nitrogens is 3. The van der Waals surface area contributed by atoms with Crippen LogP contribution >= 0.6 is 0 Å². The molecule has 1 aliphatic rings. The molecule has 0 saturated heterocycles. The summed E-state index contributed by atoms with van der Waals surface area (Å²) in [5.74, 6) is -0.181. The number of hydrogen-bond acceptors (Lipinski definition) is 6. The van der Waals surface area contributed by atoms with Gasteiger partial charge in [0.05, 0.1) is 11.9 Å². The first kappa shape index (κ1) is 20.1. The molecule has 3 rings (SSSR count). The molecular weight excluding hydrogens is 361 g/mol. The molecule has 3 N–H and O–H groups in total. The summed E-state index contributed by atoms with van der Waals surface area (Å²) < 4.78 is 14.4.